The first kappa shape index (κ1) is 20.3. The molecule has 0 spiro atoms. The fourth-order valence-electron chi connectivity index (χ4n) is 3.27. The summed E-state index contributed by atoms with van der Waals surface area (Å²) in [5.74, 6) is 0.239. The second-order valence-corrected chi connectivity index (χ2v) is 7.64. The Hall–Kier alpha value is -3.94. The summed E-state index contributed by atoms with van der Waals surface area (Å²) in [6.45, 7) is 4.26. The monoisotopic (exact) mass is 417 g/mol. The fourth-order valence-corrected chi connectivity index (χ4v) is 3.27. The Morgan fingerprint density at radius 3 is 2.61 bits per heavy atom. The molecule has 2 N–H and O–H groups in total. The summed E-state index contributed by atoms with van der Waals surface area (Å²) in [5.41, 5.74) is 7.41. The van der Waals surface area contributed by atoms with Crippen molar-refractivity contribution in [2.75, 3.05) is 0 Å². The van der Waals surface area contributed by atoms with Crippen LogP contribution >= 0.6 is 0 Å². The van der Waals surface area contributed by atoms with Gasteiger partial charge in [0.2, 0.25) is 5.91 Å². The molecule has 8 nitrogen and oxygen atoms in total. The Morgan fingerprint density at radius 1 is 1.10 bits per heavy atom. The second-order valence-electron chi connectivity index (χ2n) is 7.64. The van der Waals surface area contributed by atoms with E-state index in [-0.39, 0.29) is 11.8 Å². The normalized spacial score (nSPS) is 11.1. The molecule has 0 saturated heterocycles. The van der Waals surface area contributed by atoms with Gasteiger partial charge < -0.3 is 4.42 Å². The predicted octanol–water partition coefficient (Wildman–Crippen LogP) is 3.55. The molecule has 0 radical (unpaired) electrons. The van der Waals surface area contributed by atoms with Crippen LogP contribution in [0.4, 0.5) is 0 Å². The minimum atomic E-state index is -0.431. The molecule has 0 bridgehead atoms. The zero-order chi connectivity index (χ0) is 21.8. The number of nitrogens with one attached hydrogen (secondary N) is 2. The predicted molar refractivity (Wildman–Crippen MR) is 116 cm³/mol. The smallest absolute Gasteiger partial charge is 0.270 e. The molecule has 0 aliphatic carbocycles. The number of nitrogens with zero attached hydrogens (tertiary/aromatic N) is 3. The number of carbonyl (C=O) groups excluding carboxylic acids is 2. The van der Waals surface area contributed by atoms with Gasteiger partial charge in [-0.3, -0.25) is 20.4 Å². The minimum absolute atomic E-state index is 0.189. The number of benzene rings is 1. The maximum absolute atomic E-state index is 12.9. The number of carbonyl (C=O) groups is 2. The van der Waals surface area contributed by atoms with Gasteiger partial charge in [0.1, 0.15) is 12.3 Å². The van der Waals surface area contributed by atoms with Gasteiger partial charge in [0.25, 0.3) is 5.91 Å². The van der Waals surface area contributed by atoms with Gasteiger partial charge in [-0.2, -0.15) is 5.10 Å². The molecule has 2 amide bonds. The van der Waals surface area contributed by atoms with Crippen molar-refractivity contribution in [3.63, 3.8) is 0 Å². The molecule has 0 unspecified atom stereocenters. The van der Waals surface area contributed by atoms with Crippen LogP contribution in [0.5, 0.6) is 0 Å². The number of hydrazine groups is 1. The highest BCUT2D eigenvalue weighted by Crippen LogP contribution is 2.25. The molecule has 31 heavy (non-hydrogen) atoms. The third-order valence-corrected chi connectivity index (χ3v) is 4.72. The number of fused-ring (bicyclic) bond motifs is 1. The molecular formula is C23H23N5O3. The molecule has 0 saturated carbocycles. The highest BCUT2D eigenvalue weighted by atomic mass is 16.3. The molecule has 8 heteroatoms. The molecule has 4 rings (SSSR count). The van der Waals surface area contributed by atoms with Crippen molar-refractivity contribution < 1.29 is 14.0 Å². The Bertz CT molecular complexity index is 1200. The molecule has 0 fully saturated rings. The van der Waals surface area contributed by atoms with Crippen LogP contribution in [0.15, 0.2) is 65.4 Å². The zero-order valence-electron chi connectivity index (χ0n) is 17.3. The van der Waals surface area contributed by atoms with Crippen molar-refractivity contribution in [1.29, 1.82) is 0 Å². The second kappa shape index (κ2) is 8.83. The standard InChI is InChI=1S/C23H23N5O3/c1-15(2)11-21(29)26-27-23(30)18-12-20(16-7-4-3-5-8-16)25-22-19(18)13-24-28(22)14-17-9-6-10-31-17/h3-10,12-13,15H,11,14H2,1-2H3,(H,26,29)(H,27,30). The van der Waals surface area contributed by atoms with Crippen LogP contribution in [0.1, 0.15) is 36.4 Å². The summed E-state index contributed by atoms with van der Waals surface area (Å²) < 4.78 is 7.12. The van der Waals surface area contributed by atoms with Crippen molar-refractivity contribution in [2.45, 2.75) is 26.8 Å². The molecule has 4 aromatic rings. The fraction of sp³-hybridized carbons (Fsp3) is 0.217. The Morgan fingerprint density at radius 2 is 1.90 bits per heavy atom. The van der Waals surface area contributed by atoms with Crippen molar-refractivity contribution in [3.8, 4) is 11.3 Å². The molecule has 3 aromatic heterocycles. The summed E-state index contributed by atoms with van der Waals surface area (Å²) >= 11 is 0. The first-order valence-corrected chi connectivity index (χ1v) is 10.0. The van der Waals surface area contributed by atoms with E-state index in [1.165, 1.54) is 0 Å². The Balaban J connectivity index is 1.71. The number of aromatic nitrogens is 3. The summed E-state index contributed by atoms with van der Waals surface area (Å²) in [6.07, 6.45) is 3.52. The third kappa shape index (κ3) is 4.63. The molecule has 0 aliphatic rings. The summed E-state index contributed by atoms with van der Waals surface area (Å²) in [7, 11) is 0. The zero-order valence-corrected chi connectivity index (χ0v) is 17.3. The lowest BCUT2D eigenvalue weighted by Gasteiger charge is -2.11. The van der Waals surface area contributed by atoms with E-state index in [1.807, 2.05) is 56.3 Å². The number of hydrogen-bond acceptors (Lipinski definition) is 5. The van der Waals surface area contributed by atoms with E-state index in [2.05, 4.69) is 16.0 Å². The summed E-state index contributed by atoms with van der Waals surface area (Å²) in [4.78, 5) is 29.7. The molecule has 3 heterocycles. The SMILES string of the molecule is CC(C)CC(=O)NNC(=O)c1cc(-c2ccccc2)nc2c1cnn2Cc1ccco1. The van der Waals surface area contributed by atoms with Crippen molar-refractivity contribution >= 4 is 22.8 Å². The van der Waals surface area contributed by atoms with E-state index in [1.54, 1.807) is 23.2 Å². The number of rotatable bonds is 6. The van der Waals surface area contributed by atoms with Crippen LogP contribution in [0.3, 0.4) is 0 Å². The van der Waals surface area contributed by atoms with E-state index in [0.29, 0.717) is 35.3 Å². The van der Waals surface area contributed by atoms with Crippen LogP contribution in [0, 0.1) is 5.92 Å². The Labute approximate surface area is 179 Å². The molecule has 0 atom stereocenters. The average Bonchev–Trinajstić information content (AvgIpc) is 3.42. The van der Waals surface area contributed by atoms with Crippen molar-refractivity contribution in [2.24, 2.45) is 5.92 Å². The highest BCUT2D eigenvalue weighted by Gasteiger charge is 2.18. The van der Waals surface area contributed by atoms with E-state index >= 15 is 0 Å². The number of pyridine rings is 1. The quantitative estimate of drug-likeness (QED) is 0.467. The molecular weight excluding hydrogens is 394 g/mol. The van der Waals surface area contributed by atoms with E-state index < -0.39 is 5.91 Å². The van der Waals surface area contributed by atoms with Gasteiger partial charge in [0.15, 0.2) is 5.65 Å². The van der Waals surface area contributed by atoms with E-state index in [0.717, 1.165) is 11.3 Å². The topological polar surface area (TPSA) is 102 Å². The van der Waals surface area contributed by atoms with Crippen LogP contribution < -0.4 is 10.9 Å². The summed E-state index contributed by atoms with van der Waals surface area (Å²) in [6, 6.07) is 15.0. The van der Waals surface area contributed by atoms with Crippen molar-refractivity contribution in [1.82, 2.24) is 25.6 Å². The van der Waals surface area contributed by atoms with Gasteiger partial charge in [-0.05, 0) is 24.1 Å². The number of amides is 2. The number of furan rings is 1. The van der Waals surface area contributed by atoms with Crippen molar-refractivity contribution in [3.05, 3.63) is 72.3 Å². The largest absolute Gasteiger partial charge is 0.467 e. The lowest BCUT2D eigenvalue weighted by atomic mass is 10.1. The van der Waals surface area contributed by atoms with E-state index in [4.69, 9.17) is 9.40 Å². The molecule has 158 valence electrons. The molecule has 1 aromatic carbocycles. The Kier molecular flexibility index (Phi) is 5.79. The van der Waals surface area contributed by atoms with Crippen LogP contribution in [-0.2, 0) is 11.3 Å². The van der Waals surface area contributed by atoms with Gasteiger partial charge in [0.05, 0.1) is 29.1 Å². The first-order valence-electron chi connectivity index (χ1n) is 10.0. The first-order chi connectivity index (χ1) is 15.0. The van der Waals surface area contributed by atoms with Gasteiger partial charge >= 0.3 is 0 Å². The van der Waals surface area contributed by atoms with E-state index in [9.17, 15) is 9.59 Å². The summed E-state index contributed by atoms with van der Waals surface area (Å²) in [5, 5.41) is 4.99. The van der Waals surface area contributed by atoms with Crippen LogP contribution in [0.2, 0.25) is 0 Å². The van der Waals surface area contributed by atoms with Gasteiger partial charge in [-0.25, -0.2) is 9.67 Å². The average molecular weight is 417 g/mol. The number of hydrogen-bond donors (Lipinski definition) is 2. The minimum Gasteiger partial charge on any atom is -0.467 e. The lowest BCUT2D eigenvalue weighted by Crippen LogP contribution is -2.42. The third-order valence-electron chi connectivity index (χ3n) is 4.72. The van der Waals surface area contributed by atoms with Gasteiger partial charge in [-0.1, -0.05) is 44.2 Å². The van der Waals surface area contributed by atoms with Crippen LogP contribution in [0.25, 0.3) is 22.3 Å². The van der Waals surface area contributed by atoms with Gasteiger partial charge in [-0.15, -0.1) is 0 Å². The lowest BCUT2D eigenvalue weighted by molar-refractivity contribution is -0.122. The maximum atomic E-state index is 12.9. The van der Waals surface area contributed by atoms with Crippen LogP contribution in [-0.4, -0.2) is 26.6 Å². The highest BCUT2D eigenvalue weighted by molar-refractivity contribution is 6.06. The maximum Gasteiger partial charge on any atom is 0.270 e. The van der Waals surface area contributed by atoms with Gasteiger partial charge in [0, 0.05) is 12.0 Å². The molecule has 0 aliphatic heterocycles.